The average molecular weight is 288 g/mol. The summed E-state index contributed by atoms with van der Waals surface area (Å²) >= 11 is 0. The zero-order valence-corrected chi connectivity index (χ0v) is 13.3. The van der Waals surface area contributed by atoms with Gasteiger partial charge in [0, 0.05) is 24.2 Å². The van der Waals surface area contributed by atoms with Gasteiger partial charge in [-0.15, -0.1) is 0 Å². The molecule has 116 valence electrons. The van der Waals surface area contributed by atoms with Crippen LogP contribution in [0.4, 0.5) is 5.69 Å². The summed E-state index contributed by atoms with van der Waals surface area (Å²) in [4.78, 5) is 12.3. The van der Waals surface area contributed by atoms with Crippen LogP contribution < -0.4 is 10.6 Å². The largest absolute Gasteiger partial charge is 0.326 e. The van der Waals surface area contributed by atoms with E-state index in [2.05, 4.69) is 36.6 Å². The Labute approximate surface area is 128 Å². The summed E-state index contributed by atoms with van der Waals surface area (Å²) in [5.41, 5.74) is 2.16. The van der Waals surface area contributed by atoms with Crippen molar-refractivity contribution in [2.24, 2.45) is 5.92 Å². The molecule has 1 aliphatic carbocycles. The molecule has 1 aromatic rings. The molecule has 1 fully saturated rings. The van der Waals surface area contributed by atoms with E-state index in [4.69, 9.17) is 0 Å². The maximum absolute atomic E-state index is 12.3. The summed E-state index contributed by atoms with van der Waals surface area (Å²) in [6, 6.07) is 8.66. The topological polar surface area (TPSA) is 41.1 Å². The van der Waals surface area contributed by atoms with Crippen LogP contribution in [0.3, 0.4) is 0 Å². The maximum atomic E-state index is 12.3. The van der Waals surface area contributed by atoms with E-state index in [1.807, 2.05) is 12.1 Å². The molecule has 0 bridgehead atoms. The molecule has 1 saturated carbocycles. The first-order valence-corrected chi connectivity index (χ1v) is 8.28. The summed E-state index contributed by atoms with van der Waals surface area (Å²) in [6.07, 6.45) is 7.03. The molecule has 3 nitrogen and oxygen atoms in total. The molecule has 1 aliphatic rings. The fourth-order valence-corrected chi connectivity index (χ4v) is 2.81. The van der Waals surface area contributed by atoms with Crippen molar-refractivity contribution in [3.63, 3.8) is 0 Å². The van der Waals surface area contributed by atoms with Gasteiger partial charge < -0.3 is 10.6 Å². The zero-order valence-electron chi connectivity index (χ0n) is 13.3. The lowest BCUT2D eigenvalue weighted by molar-refractivity contribution is -0.120. The third-order valence-electron chi connectivity index (χ3n) is 4.16. The molecule has 0 aliphatic heterocycles. The molecule has 0 spiro atoms. The van der Waals surface area contributed by atoms with Gasteiger partial charge in [0.2, 0.25) is 5.91 Å². The van der Waals surface area contributed by atoms with Crippen LogP contribution in [0.15, 0.2) is 24.3 Å². The van der Waals surface area contributed by atoms with E-state index >= 15 is 0 Å². The lowest BCUT2D eigenvalue weighted by Gasteiger charge is -2.14. The molecule has 1 amide bonds. The smallest absolute Gasteiger partial charge is 0.227 e. The molecule has 0 radical (unpaired) electrons. The SMILES string of the molecule is CC(C)NCc1ccc(NC(=O)C2CCCCCC2)cc1. The Morgan fingerprint density at radius 2 is 1.71 bits per heavy atom. The second kappa shape index (κ2) is 8.18. The summed E-state index contributed by atoms with van der Waals surface area (Å²) in [5.74, 6) is 0.403. The maximum Gasteiger partial charge on any atom is 0.227 e. The summed E-state index contributed by atoms with van der Waals surface area (Å²) in [6.45, 7) is 5.15. The molecule has 0 unspecified atom stereocenters. The molecule has 3 heteroatoms. The number of amides is 1. The molecule has 1 aromatic carbocycles. The van der Waals surface area contributed by atoms with Gasteiger partial charge in [0.15, 0.2) is 0 Å². The van der Waals surface area contributed by atoms with E-state index in [1.165, 1.54) is 31.2 Å². The highest BCUT2D eigenvalue weighted by Crippen LogP contribution is 2.24. The van der Waals surface area contributed by atoms with Gasteiger partial charge in [-0.2, -0.15) is 0 Å². The van der Waals surface area contributed by atoms with Gasteiger partial charge >= 0.3 is 0 Å². The minimum atomic E-state index is 0.199. The van der Waals surface area contributed by atoms with E-state index in [1.54, 1.807) is 0 Å². The first kappa shape index (κ1) is 16.0. The number of anilines is 1. The van der Waals surface area contributed by atoms with Crippen molar-refractivity contribution in [2.75, 3.05) is 5.32 Å². The summed E-state index contributed by atoms with van der Waals surface area (Å²) < 4.78 is 0. The van der Waals surface area contributed by atoms with Crippen molar-refractivity contribution in [3.8, 4) is 0 Å². The van der Waals surface area contributed by atoms with Crippen LogP contribution in [0.5, 0.6) is 0 Å². The zero-order chi connectivity index (χ0) is 15.1. The molecule has 2 N–H and O–H groups in total. The molecule has 0 heterocycles. The van der Waals surface area contributed by atoms with Gasteiger partial charge in [-0.25, -0.2) is 0 Å². The highest BCUT2D eigenvalue weighted by molar-refractivity contribution is 5.92. The molecular weight excluding hydrogens is 260 g/mol. The minimum Gasteiger partial charge on any atom is -0.326 e. The van der Waals surface area contributed by atoms with Crippen LogP contribution in [0.2, 0.25) is 0 Å². The Morgan fingerprint density at radius 3 is 2.29 bits per heavy atom. The van der Waals surface area contributed by atoms with Crippen molar-refractivity contribution in [2.45, 2.75) is 65.0 Å². The fraction of sp³-hybridized carbons (Fsp3) is 0.611. The van der Waals surface area contributed by atoms with Gasteiger partial charge in [0.05, 0.1) is 0 Å². The van der Waals surface area contributed by atoms with E-state index in [9.17, 15) is 4.79 Å². The Kier molecular flexibility index (Phi) is 6.24. The number of carbonyl (C=O) groups excluding carboxylic acids is 1. The molecule has 2 rings (SSSR count). The van der Waals surface area contributed by atoms with Crippen molar-refractivity contribution >= 4 is 11.6 Å². The molecule has 0 atom stereocenters. The van der Waals surface area contributed by atoms with Crippen molar-refractivity contribution in [1.82, 2.24) is 5.32 Å². The standard InChI is InChI=1S/C18H28N2O/c1-14(2)19-13-15-9-11-17(12-10-15)20-18(21)16-7-5-3-4-6-8-16/h9-12,14,16,19H,3-8,13H2,1-2H3,(H,20,21). The van der Waals surface area contributed by atoms with Crippen LogP contribution >= 0.6 is 0 Å². The van der Waals surface area contributed by atoms with Crippen molar-refractivity contribution < 1.29 is 4.79 Å². The highest BCUT2D eigenvalue weighted by atomic mass is 16.1. The number of rotatable bonds is 5. The van der Waals surface area contributed by atoms with E-state index in [0.717, 1.165) is 25.1 Å². The van der Waals surface area contributed by atoms with Gasteiger partial charge in [-0.3, -0.25) is 4.79 Å². The number of benzene rings is 1. The monoisotopic (exact) mass is 288 g/mol. The second-order valence-electron chi connectivity index (χ2n) is 6.41. The first-order chi connectivity index (χ1) is 10.1. The molecule has 0 saturated heterocycles. The highest BCUT2D eigenvalue weighted by Gasteiger charge is 2.19. The van der Waals surface area contributed by atoms with Crippen LogP contribution in [0, 0.1) is 5.92 Å². The molecule has 21 heavy (non-hydrogen) atoms. The minimum absolute atomic E-state index is 0.199. The van der Waals surface area contributed by atoms with Crippen LogP contribution in [0.25, 0.3) is 0 Å². The van der Waals surface area contributed by atoms with Crippen LogP contribution in [-0.4, -0.2) is 11.9 Å². The lowest BCUT2D eigenvalue weighted by Crippen LogP contribution is -2.23. The number of hydrogen-bond donors (Lipinski definition) is 2. The number of carbonyl (C=O) groups is 1. The fourth-order valence-electron chi connectivity index (χ4n) is 2.81. The summed E-state index contributed by atoms with van der Waals surface area (Å²) in [7, 11) is 0. The predicted octanol–water partition coefficient (Wildman–Crippen LogP) is 4.09. The quantitative estimate of drug-likeness (QED) is 0.801. The van der Waals surface area contributed by atoms with Crippen LogP contribution in [-0.2, 0) is 11.3 Å². The Hall–Kier alpha value is -1.35. The van der Waals surface area contributed by atoms with E-state index in [-0.39, 0.29) is 11.8 Å². The number of nitrogens with one attached hydrogen (secondary N) is 2. The molecule has 0 aromatic heterocycles. The molecular formula is C18H28N2O. The third-order valence-corrected chi connectivity index (χ3v) is 4.16. The Balaban J connectivity index is 1.85. The van der Waals surface area contributed by atoms with Crippen molar-refractivity contribution in [3.05, 3.63) is 29.8 Å². The first-order valence-electron chi connectivity index (χ1n) is 8.28. The van der Waals surface area contributed by atoms with Gasteiger partial charge in [0.1, 0.15) is 0 Å². The predicted molar refractivity (Wildman–Crippen MR) is 88.2 cm³/mol. The third kappa shape index (κ3) is 5.50. The van der Waals surface area contributed by atoms with Crippen LogP contribution in [0.1, 0.15) is 57.9 Å². The number of hydrogen-bond acceptors (Lipinski definition) is 2. The van der Waals surface area contributed by atoms with Gasteiger partial charge in [-0.05, 0) is 30.5 Å². The van der Waals surface area contributed by atoms with Gasteiger partial charge in [0.25, 0.3) is 0 Å². The Morgan fingerprint density at radius 1 is 1.10 bits per heavy atom. The van der Waals surface area contributed by atoms with E-state index < -0.39 is 0 Å². The van der Waals surface area contributed by atoms with Gasteiger partial charge in [-0.1, -0.05) is 51.7 Å². The average Bonchev–Trinajstić information content (AvgIpc) is 2.75. The van der Waals surface area contributed by atoms with Crippen molar-refractivity contribution in [1.29, 1.82) is 0 Å². The van der Waals surface area contributed by atoms with E-state index in [0.29, 0.717) is 6.04 Å². The lowest BCUT2D eigenvalue weighted by atomic mass is 9.99. The summed E-state index contributed by atoms with van der Waals surface area (Å²) in [5, 5.41) is 6.47. The normalized spacial score (nSPS) is 16.7. The second-order valence-corrected chi connectivity index (χ2v) is 6.41. The Bertz CT molecular complexity index is 431.